The second-order valence-electron chi connectivity index (χ2n) is 9.80. The van der Waals surface area contributed by atoms with Crippen molar-refractivity contribution in [3.8, 4) is 0 Å². The molecule has 0 radical (unpaired) electrons. The first kappa shape index (κ1) is 23.5. The number of benzene rings is 3. The van der Waals surface area contributed by atoms with E-state index in [1.807, 2.05) is 74.5 Å². The summed E-state index contributed by atoms with van der Waals surface area (Å²) in [6.45, 7) is 4.09. The minimum Gasteiger partial charge on any atom is -0.450 e. The number of carbonyl (C=O) groups is 4. The minimum absolute atomic E-state index is 0.0783. The monoisotopic (exact) mass is 482 g/mol. The van der Waals surface area contributed by atoms with Gasteiger partial charge in [-0.2, -0.15) is 0 Å². The van der Waals surface area contributed by atoms with E-state index < -0.39 is 35.3 Å². The van der Waals surface area contributed by atoms with Crippen molar-refractivity contribution in [3.05, 3.63) is 102 Å². The van der Waals surface area contributed by atoms with Gasteiger partial charge in [0, 0.05) is 24.1 Å². The number of fused-ring (bicyclic) bond motifs is 1. The highest BCUT2D eigenvalue weighted by Crippen LogP contribution is 2.37. The molecule has 3 aromatic carbocycles. The largest absolute Gasteiger partial charge is 0.450 e. The molecule has 0 unspecified atom stereocenters. The summed E-state index contributed by atoms with van der Waals surface area (Å²) in [5, 5.41) is 0. The fourth-order valence-electron chi connectivity index (χ4n) is 4.88. The van der Waals surface area contributed by atoms with Crippen molar-refractivity contribution in [3.63, 3.8) is 0 Å². The van der Waals surface area contributed by atoms with Gasteiger partial charge in [0.25, 0.3) is 17.7 Å². The van der Waals surface area contributed by atoms with E-state index in [0.717, 1.165) is 16.2 Å². The summed E-state index contributed by atoms with van der Waals surface area (Å²) in [7, 11) is 0. The lowest BCUT2D eigenvalue weighted by molar-refractivity contribution is -0.162. The van der Waals surface area contributed by atoms with Crippen molar-refractivity contribution in [1.82, 2.24) is 4.90 Å². The van der Waals surface area contributed by atoms with Crippen LogP contribution in [-0.4, -0.2) is 47.3 Å². The molecule has 0 saturated carbocycles. The molecule has 7 nitrogen and oxygen atoms in total. The lowest BCUT2D eigenvalue weighted by Gasteiger charge is -2.29. The van der Waals surface area contributed by atoms with Gasteiger partial charge in [-0.25, -0.2) is 4.79 Å². The third kappa shape index (κ3) is 4.06. The molecule has 2 aliphatic heterocycles. The highest BCUT2D eigenvalue weighted by atomic mass is 16.6. The van der Waals surface area contributed by atoms with Gasteiger partial charge in [-0.15, -0.1) is 0 Å². The maximum absolute atomic E-state index is 13.7. The predicted octanol–water partition coefficient (Wildman–Crippen LogP) is 3.88. The maximum atomic E-state index is 13.7. The number of hydrogen-bond donors (Lipinski definition) is 0. The molecule has 1 saturated heterocycles. The number of para-hydroxylation sites is 1. The van der Waals surface area contributed by atoms with Gasteiger partial charge in [0.05, 0.1) is 11.1 Å². The number of amides is 3. The number of hydrogen-bond acceptors (Lipinski definition) is 5. The van der Waals surface area contributed by atoms with Gasteiger partial charge in [-0.1, -0.05) is 74.5 Å². The average Bonchev–Trinajstić information content (AvgIpc) is 3.27. The number of ether oxygens (including phenoxy) is 1. The van der Waals surface area contributed by atoms with Crippen LogP contribution in [0.25, 0.3) is 0 Å². The second-order valence-corrected chi connectivity index (χ2v) is 9.80. The van der Waals surface area contributed by atoms with Crippen LogP contribution in [0.2, 0.25) is 0 Å². The molecule has 3 amide bonds. The molecule has 0 aliphatic carbocycles. The fraction of sp³-hybridized carbons (Fsp3) is 0.241. The lowest BCUT2D eigenvalue weighted by Crippen LogP contribution is -2.49. The number of imide groups is 1. The van der Waals surface area contributed by atoms with Crippen molar-refractivity contribution in [2.24, 2.45) is 5.41 Å². The number of anilines is 1. The standard InChI is InChI=1S/C29H26N2O5/c1-29(2)18-30(20-13-7-4-8-14-20)27(34)24(29)36-28(35)23(17-19-11-5-3-6-12-19)31-25(32)21-15-9-10-16-22(21)26(31)33/h3-16,23-24H,17-18H2,1-2H3/t23-,24+/m1/s1. The SMILES string of the molecule is CC1(C)CN(c2ccccc2)C(=O)[C@@H]1OC(=O)[C@@H](Cc1ccccc1)N1C(=O)c2ccccc2C1=O. The summed E-state index contributed by atoms with van der Waals surface area (Å²) >= 11 is 0. The third-order valence-corrected chi connectivity index (χ3v) is 6.75. The second kappa shape index (κ2) is 9.07. The molecule has 1 fully saturated rings. The molecule has 182 valence electrons. The molecule has 2 aliphatic rings. The van der Waals surface area contributed by atoms with E-state index in [2.05, 4.69) is 0 Å². The Morgan fingerprint density at radius 2 is 1.39 bits per heavy atom. The molecule has 2 atom stereocenters. The summed E-state index contributed by atoms with van der Waals surface area (Å²) in [6.07, 6.45) is -0.979. The van der Waals surface area contributed by atoms with Crippen LogP contribution in [0.4, 0.5) is 5.69 Å². The average molecular weight is 483 g/mol. The van der Waals surface area contributed by atoms with Crippen LogP contribution in [0.15, 0.2) is 84.9 Å². The Hall–Kier alpha value is -4.26. The quantitative estimate of drug-likeness (QED) is 0.393. The van der Waals surface area contributed by atoms with Gasteiger partial charge < -0.3 is 9.64 Å². The van der Waals surface area contributed by atoms with Crippen molar-refractivity contribution < 1.29 is 23.9 Å². The van der Waals surface area contributed by atoms with Crippen molar-refractivity contribution in [2.45, 2.75) is 32.4 Å². The van der Waals surface area contributed by atoms with Gasteiger partial charge >= 0.3 is 5.97 Å². The Kier molecular flexibility index (Phi) is 5.92. The number of esters is 1. The first-order valence-electron chi connectivity index (χ1n) is 11.9. The molecule has 0 bridgehead atoms. The van der Waals surface area contributed by atoms with Crippen LogP contribution in [0.5, 0.6) is 0 Å². The molecule has 5 rings (SSSR count). The Morgan fingerprint density at radius 3 is 1.97 bits per heavy atom. The Morgan fingerprint density at radius 1 is 0.861 bits per heavy atom. The van der Waals surface area contributed by atoms with Gasteiger partial charge in [0.15, 0.2) is 6.10 Å². The van der Waals surface area contributed by atoms with Gasteiger partial charge in [-0.05, 0) is 29.8 Å². The Bertz CT molecular complexity index is 1300. The number of carbonyl (C=O) groups excluding carboxylic acids is 4. The topological polar surface area (TPSA) is 84.0 Å². The zero-order valence-corrected chi connectivity index (χ0v) is 20.1. The normalized spacial score (nSPS) is 19.4. The summed E-state index contributed by atoms with van der Waals surface area (Å²) in [5.41, 5.74) is 1.30. The van der Waals surface area contributed by atoms with E-state index in [0.29, 0.717) is 6.54 Å². The third-order valence-electron chi connectivity index (χ3n) is 6.75. The van der Waals surface area contributed by atoms with E-state index >= 15 is 0 Å². The molecule has 0 N–H and O–H groups in total. The van der Waals surface area contributed by atoms with Crippen LogP contribution >= 0.6 is 0 Å². The molecule has 0 aromatic heterocycles. The van der Waals surface area contributed by atoms with Crippen LogP contribution in [-0.2, 0) is 20.7 Å². The van der Waals surface area contributed by atoms with E-state index in [9.17, 15) is 19.2 Å². The molecular weight excluding hydrogens is 456 g/mol. The van der Waals surface area contributed by atoms with E-state index in [1.165, 1.54) is 0 Å². The number of rotatable bonds is 6. The molecule has 36 heavy (non-hydrogen) atoms. The summed E-state index contributed by atoms with van der Waals surface area (Å²) in [5.74, 6) is -2.21. The highest BCUT2D eigenvalue weighted by molar-refractivity contribution is 6.22. The summed E-state index contributed by atoms with van der Waals surface area (Å²) in [6, 6.07) is 23.6. The smallest absolute Gasteiger partial charge is 0.330 e. The van der Waals surface area contributed by atoms with Crippen LogP contribution < -0.4 is 4.90 Å². The molecule has 3 aromatic rings. The van der Waals surface area contributed by atoms with Gasteiger partial charge in [0.2, 0.25) is 0 Å². The van der Waals surface area contributed by atoms with E-state index in [4.69, 9.17) is 4.74 Å². The van der Waals surface area contributed by atoms with Crippen LogP contribution in [0, 0.1) is 5.41 Å². The molecule has 7 heteroatoms. The van der Waals surface area contributed by atoms with Crippen molar-refractivity contribution in [1.29, 1.82) is 0 Å². The van der Waals surface area contributed by atoms with Gasteiger partial charge in [-0.3, -0.25) is 19.3 Å². The molecule has 0 spiro atoms. The van der Waals surface area contributed by atoms with Crippen molar-refractivity contribution in [2.75, 3.05) is 11.4 Å². The maximum Gasteiger partial charge on any atom is 0.330 e. The summed E-state index contributed by atoms with van der Waals surface area (Å²) in [4.78, 5) is 56.1. The van der Waals surface area contributed by atoms with Crippen LogP contribution in [0.1, 0.15) is 40.1 Å². The molecular formula is C29H26N2O5. The Balaban J connectivity index is 1.45. The highest BCUT2D eigenvalue weighted by Gasteiger charge is 2.51. The first-order chi connectivity index (χ1) is 17.3. The van der Waals surface area contributed by atoms with Crippen molar-refractivity contribution >= 4 is 29.4 Å². The molecule has 2 heterocycles. The van der Waals surface area contributed by atoms with E-state index in [1.54, 1.807) is 29.2 Å². The zero-order chi connectivity index (χ0) is 25.4. The lowest BCUT2D eigenvalue weighted by atomic mass is 9.89. The number of nitrogens with zero attached hydrogens (tertiary/aromatic N) is 2. The van der Waals surface area contributed by atoms with Gasteiger partial charge in [0.1, 0.15) is 6.04 Å². The van der Waals surface area contributed by atoms with E-state index in [-0.39, 0.29) is 23.5 Å². The summed E-state index contributed by atoms with van der Waals surface area (Å²) < 4.78 is 5.86. The predicted molar refractivity (Wildman–Crippen MR) is 133 cm³/mol. The minimum atomic E-state index is -1.21. The van der Waals surface area contributed by atoms with Crippen LogP contribution in [0.3, 0.4) is 0 Å². The first-order valence-corrected chi connectivity index (χ1v) is 11.9. The zero-order valence-electron chi connectivity index (χ0n) is 20.1. The fourth-order valence-corrected chi connectivity index (χ4v) is 4.88. The Labute approximate surface area is 209 Å².